The summed E-state index contributed by atoms with van der Waals surface area (Å²) >= 11 is 6.01. The normalized spacial score (nSPS) is 17.7. The first-order valence-corrected chi connectivity index (χ1v) is 7.29. The molecule has 0 spiro atoms. The molecule has 1 heterocycles. The van der Waals surface area contributed by atoms with Crippen LogP contribution in [-0.2, 0) is 11.2 Å². The molecule has 1 fully saturated rings. The van der Waals surface area contributed by atoms with E-state index in [1.165, 1.54) is 6.42 Å². The zero-order chi connectivity index (χ0) is 14.5. The maximum Gasteiger partial charge on any atom is 0.321 e. The molecule has 1 aromatic rings. The second-order valence-corrected chi connectivity index (χ2v) is 5.55. The molecule has 1 saturated heterocycles. The number of benzene rings is 1. The number of methoxy groups -OCH3 is 1. The van der Waals surface area contributed by atoms with Gasteiger partial charge in [-0.15, -0.1) is 0 Å². The number of likely N-dealkylation sites (tertiary alicyclic amines) is 1. The highest BCUT2D eigenvalue weighted by Crippen LogP contribution is 2.26. The van der Waals surface area contributed by atoms with Crippen molar-refractivity contribution in [2.75, 3.05) is 20.2 Å². The molecule has 1 atom stereocenters. The van der Waals surface area contributed by atoms with E-state index in [9.17, 15) is 9.90 Å². The number of hydrogen-bond acceptors (Lipinski definition) is 3. The van der Waals surface area contributed by atoms with E-state index in [1.54, 1.807) is 25.3 Å². The summed E-state index contributed by atoms with van der Waals surface area (Å²) in [6.07, 6.45) is 3.73. The van der Waals surface area contributed by atoms with E-state index in [0.717, 1.165) is 31.5 Å². The second-order valence-electron chi connectivity index (χ2n) is 5.11. The van der Waals surface area contributed by atoms with E-state index < -0.39 is 12.0 Å². The molecule has 0 bridgehead atoms. The van der Waals surface area contributed by atoms with Crippen molar-refractivity contribution < 1.29 is 14.6 Å². The van der Waals surface area contributed by atoms with Crippen LogP contribution in [0.1, 0.15) is 24.8 Å². The summed E-state index contributed by atoms with van der Waals surface area (Å²) in [7, 11) is 1.59. The first-order valence-electron chi connectivity index (χ1n) is 6.91. The molecule has 20 heavy (non-hydrogen) atoms. The smallest absolute Gasteiger partial charge is 0.321 e. The fraction of sp³-hybridized carbons (Fsp3) is 0.533. The van der Waals surface area contributed by atoms with Gasteiger partial charge in [0.25, 0.3) is 0 Å². The number of ether oxygens (including phenoxy) is 1. The molecule has 1 N–H and O–H groups in total. The molecule has 5 heteroatoms. The average Bonchev–Trinajstić information content (AvgIpc) is 2.45. The van der Waals surface area contributed by atoms with E-state index in [2.05, 4.69) is 0 Å². The highest BCUT2D eigenvalue weighted by Gasteiger charge is 2.28. The Balaban J connectivity index is 2.19. The van der Waals surface area contributed by atoms with Gasteiger partial charge in [-0.05, 0) is 49.7 Å². The van der Waals surface area contributed by atoms with Crippen molar-refractivity contribution >= 4 is 17.6 Å². The third-order valence-electron chi connectivity index (χ3n) is 3.77. The summed E-state index contributed by atoms with van der Waals surface area (Å²) in [5, 5.41) is 10.1. The fourth-order valence-corrected chi connectivity index (χ4v) is 2.91. The molecule has 1 unspecified atom stereocenters. The first-order chi connectivity index (χ1) is 9.61. The summed E-state index contributed by atoms with van der Waals surface area (Å²) in [5.74, 6) is -0.0911. The van der Waals surface area contributed by atoms with Crippen LogP contribution >= 0.6 is 11.6 Å². The Kier molecular flexibility index (Phi) is 5.26. The van der Waals surface area contributed by atoms with E-state index in [-0.39, 0.29) is 0 Å². The summed E-state index contributed by atoms with van der Waals surface area (Å²) in [5.41, 5.74) is 0.845. The zero-order valence-electron chi connectivity index (χ0n) is 11.6. The molecule has 0 saturated carbocycles. The number of piperidine rings is 1. The number of carboxylic acids is 1. The Morgan fingerprint density at radius 3 is 2.70 bits per heavy atom. The van der Waals surface area contributed by atoms with Gasteiger partial charge >= 0.3 is 5.97 Å². The highest BCUT2D eigenvalue weighted by atomic mass is 35.5. The molecule has 0 aliphatic carbocycles. The van der Waals surface area contributed by atoms with Crippen LogP contribution in [0.5, 0.6) is 5.75 Å². The van der Waals surface area contributed by atoms with Gasteiger partial charge in [-0.1, -0.05) is 18.0 Å². The predicted octanol–water partition coefficient (Wildman–Crippen LogP) is 2.83. The molecule has 0 aromatic heterocycles. The monoisotopic (exact) mass is 297 g/mol. The van der Waals surface area contributed by atoms with Crippen LogP contribution in [0.2, 0.25) is 5.02 Å². The fourth-order valence-electron chi connectivity index (χ4n) is 2.72. The van der Waals surface area contributed by atoms with Crippen LogP contribution in [0.3, 0.4) is 0 Å². The third kappa shape index (κ3) is 3.64. The average molecular weight is 298 g/mol. The molecule has 110 valence electrons. The molecule has 4 nitrogen and oxygen atoms in total. The van der Waals surface area contributed by atoms with Crippen molar-refractivity contribution in [2.45, 2.75) is 31.7 Å². The molecule has 2 rings (SSSR count). The Morgan fingerprint density at radius 2 is 2.10 bits per heavy atom. The van der Waals surface area contributed by atoms with Gasteiger partial charge < -0.3 is 9.84 Å². The van der Waals surface area contributed by atoms with Gasteiger partial charge in [0.2, 0.25) is 0 Å². The van der Waals surface area contributed by atoms with Crippen molar-refractivity contribution in [1.29, 1.82) is 0 Å². The minimum Gasteiger partial charge on any atom is -0.496 e. The Morgan fingerprint density at radius 1 is 1.40 bits per heavy atom. The third-order valence-corrected chi connectivity index (χ3v) is 4.01. The molecule has 1 aliphatic heterocycles. The van der Waals surface area contributed by atoms with Gasteiger partial charge in [0, 0.05) is 11.4 Å². The zero-order valence-corrected chi connectivity index (χ0v) is 12.4. The van der Waals surface area contributed by atoms with E-state index >= 15 is 0 Å². The molecular formula is C15H20ClNO3. The largest absolute Gasteiger partial charge is 0.496 e. The van der Waals surface area contributed by atoms with Crippen LogP contribution in [-0.4, -0.2) is 42.2 Å². The summed E-state index contributed by atoms with van der Waals surface area (Å²) in [6.45, 7) is 1.69. The molecular weight excluding hydrogens is 278 g/mol. The van der Waals surface area contributed by atoms with E-state index in [4.69, 9.17) is 16.3 Å². The second kappa shape index (κ2) is 6.95. The van der Waals surface area contributed by atoms with Crippen LogP contribution in [0, 0.1) is 0 Å². The van der Waals surface area contributed by atoms with Crippen molar-refractivity contribution in [1.82, 2.24) is 4.90 Å². The van der Waals surface area contributed by atoms with Crippen LogP contribution in [0.4, 0.5) is 0 Å². The Labute approximate surface area is 124 Å². The van der Waals surface area contributed by atoms with E-state index in [0.29, 0.717) is 17.2 Å². The number of nitrogens with zero attached hydrogens (tertiary/aromatic N) is 1. The Bertz CT molecular complexity index is 472. The predicted molar refractivity (Wildman–Crippen MR) is 78.6 cm³/mol. The van der Waals surface area contributed by atoms with Crippen LogP contribution in [0.15, 0.2) is 18.2 Å². The highest BCUT2D eigenvalue weighted by molar-refractivity contribution is 6.30. The standard InChI is InChI=1S/C15H20ClNO3/c1-20-14-6-5-12(16)9-11(14)10-13(15(18)19)17-7-3-2-4-8-17/h5-6,9,13H,2-4,7-8,10H2,1H3,(H,18,19). The van der Waals surface area contributed by atoms with Crippen LogP contribution in [0.25, 0.3) is 0 Å². The summed E-state index contributed by atoms with van der Waals surface area (Å²) < 4.78 is 5.30. The molecule has 0 radical (unpaired) electrons. The summed E-state index contributed by atoms with van der Waals surface area (Å²) in [6, 6.07) is 4.82. The quantitative estimate of drug-likeness (QED) is 0.908. The lowest BCUT2D eigenvalue weighted by Gasteiger charge is -2.32. The maximum atomic E-state index is 11.6. The molecule has 1 aromatic carbocycles. The van der Waals surface area contributed by atoms with Crippen molar-refractivity contribution in [3.8, 4) is 5.75 Å². The number of halogens is 1. The lowest BCUT2D eigenvalue weighted by atomic mass is 10.0. The number of aliphatic carboxylic acids is 1. The number of carboxylic acid groups (broad SMARTS) is 1. The lowest BCUT2D eigenvalue weighted by Crippen LogP contribution is -2.45. The van der Waals surface area contributed by atoms with Crippen molar-refractivity contribution in [2.24, 2.45) is 0 Å². The summed E-state index contributed by atoms with van der Waals surface area (Å²) in [4.78, 5) is 13.6. The lowest BCUT2D eigenvalue weighted by molar-refractivity contribution is -0.143. The minimum atomic E-state index is -0.783. The van der Waals surface area contributed by atoms with Gasteiger partial charge in [-0.3, -0.25) is 9.69 Å². The van der Waals surface area contributed by atoms with Gasteiger partial charge in [-0.25, -0.2) is 0 Å². The number of hydrogen-bond donors (Lipinski definition) is 1. The first kappa shape index (κ1) is 15.1. The topological polar surface area (TPSA) is 49.8 Å². The van der Waals surface area contributed by atoms with E-state index in [1.807, 2.05) is 4.90 Å². The van der Waals surface area contributed by atoms with Crippen molar-refractivity contribution in [3.05, 3.63) is 28.8 Å². The van der Waals surface area contributed by atoms with Crippen molar-refractivity contribution in [3.63, 3.8) is 0 Å². The number of rotatable bonds is 5. The van der Waals surface area contributed by atoms with Gasteiger partial charge in [0.1, 0.15) is 11.8 Å². The van der Waals surface area contributed by atoms with Gasteiger partial charge in [0.15, 0.2) is 0 Å². The number of carbonyl (C=O) groups is 1. The SMILES string of the molecule is COc1ccc(Cl)cc1CC(C(=O)O)N1CCCCC1. The minimum absolute atomic E-state index is 0.416. The van der Waals surface area contributed by atoms with Crippen LogP contribution < -0.4 is 4.74 Å². The molecule has 1 aliphatic rings. The Hall–Kier alpha value is -1.26. The molecule has 0 amide bonds. The van der Waals surface area contributed by atoms with Gasteiger partial charge in [0.05, 0.1) is 7.11 Å². The maximum absolute atomic E-state index is 11.6. The van der Waals surface area contributed by atoms with Gasteiger partial charge in [-0.2, -0.15) is 0 Å².